The van der Waals surface area contributed by atoms with Gasteiger partial charge < -0.3 is 14.7 Å². The van der Waals surface area contributed by atoms with Gasteiger partial charge in [0.2, 0.25) is 5.91 Å². The van der Waals surface area contributed by atoms with Crippen molar-refractivity contribution < 1.29 is 23.8 Å². The fraction of sp³-hybridized carbons (Fsp3) is 0.467. The van der Waals surface area contributed by atoms with E-state index in [1.165, 1.54) is 17.0 Å². The normalized spacial score (nSPS) is 20.1. The van der Waals surface area contributed by atoms with E-state index in [0.29, 0.717) is 13.0 Å². The number of carbonyl (C=O) groups excluding carboxylic acids is 1. The second-order valence-corrected chi connectivity index (χ2v) is 5.20. The van der Waals surface area contributed by atoms with Gasteiger partial charge in [-0.3, -0.25) is 4.79 Å². The zero-order chi connectivity index (χ0) is 15.4. The first-order chi connectivity index (χ1) is 9.99. The van der Waals surface area contributed by atoms with E-state index in [0.717, 1.165) is 5.56 Å². The molecule has 1 heterocycles. The van der Waals surface area contributed by atoms with Crippen molar-refractivity contribution in [3.8, 4) is 0 Å². The minimum absolute atomic E-state index is 0.00770. The lowest BCUT2D eigenvalue weighted by Crippen LogP contribution is -2.54. The van der Waals surface area contributed by atoms with Crippen molar-refractivity contribution in [2.45, 2.75) is 19.4 Å². The topological polar surface area (TPSA) is 66.8 Å². The van der Waals surface area contributed by atoms with Gasteiger partial charge >= 0.3 is 5.97 Å². The lowest BCUT2D eigenvalue weighted by Gasteiger charge is -2.34. The van der Waals surface area contributed by atoms with Gasteiger partial charge in [0.25, 0.3) is 0 Å². The van der Waals surface area contributed by atoms with Crippen molar-refractivity contribution in [3.05, 3.63) is 35.6 Å². The van der Waals surface area contributed by atoms with E-state index < -0.39 is 17.9 Å². The Kier molecular flexibility index (Phi) is 4.90. The number of halogens is 1. The Morgan fingerprint density at radius 2 is 2.29 bits per heavy atom. The van der Waals surface area contributed by atoms with Crippen LogP contribution < -0.4 is 0 Å². The van der Waals surface area contributed by atoms with Gasteiger partial charge in [-0.1, -0.05) is 19.1 Å². The van der Waals surface area contributed by atoms with E-state index in [-0.39, 0.29) is 24.9 Å². The number of hydrogen-bond acceptors (Lipinski definition) is 3. The average molecular weight is 295 g/mol. The maximum atomic E-state index is 13.2. The fourth-order valence-corrected chi connectivity index (χ4v) is 2.46. The molecule has 21 heavy (non-hydrogen) atoms. The van der Waals surface area contributed by atoms with Gasteiger partial charge in [-0.15, -0.1) is 0 Å². The zero-order valence-electron chi connectivity index (χ0n) is 11.8. The Balaban J connectivity index is 2.05. The molecule has 2 rings (SSSR count). The summed E-state index contributed by atoms with van der Waals surface area (Å²) in [7, 11) is 0. The monoisotopic (exact) mass is 295 g/mol. The molecule has 0 spiro atoms. The molecule has 2 atom stereocenters. The molecule has 0 aromatic heterocycles. The molecule has 0 saturated carbocycles. The Bertz CT molecular complexity index is 534. The van der Waals surface area contributed by atoms with Crippen LogP contribution in [0, 0.1) is 11.7 Å². The smallest absolute Gasteiger partial charge is 0.328 e. The van der Waals surface area contributed by atoms with Gasteiger partial charge in [-0.25, -0.2) is 9.18 Å². The summed E-state index contributed by atoms with van der Waals surface area (Å²) in [5.74, 6) is -2.07. The van der Waals surface area contributed by atoms with Crippen molar-refractivity contribution >= 4 is 11.9 Å². The largest absolute Gasteiger partial charge is 0.480 e. The van der Waals surface area contributed by atoms with Crippen LogP contribution in [0.25, 0.3) is 0 Å². The molecular weight excluding hydrogens is 277 g/mol. The summed E-state index contributed by atoms with van der Waals surface area (Å²) in [6, 6.07) is 5.13. The molecule has 0 bridgehead atoms. The fourth-order valence-electron chi connectivity index (χ4n) is 2.46. The van der Waals surface area contributed by atoms with Crippen molar-refractivity contribution in [1.82, 2.24) is 4.90 Å². The summed E-state index contributed by atoms with van der Waals surface area (Å²) in [5, 5.41) is 9.14. The van der Waals surface area contributed by atoms with Crippen LogP contribution >= 0.6 is 0 Å². The van der Waals surface area contributed by atoms with Crippen LogP contribution in [-0.2, 0) is 20.7 Å². The lowest BCUT2D eigenvalue weighted by atomic mass is 9.98. The van der Waals surface area contributed by atoms with Crippen LogP contribution in [0.1, 0.15) is 12.5 Å². The molecule has 6 heteroatoms. The Labute approximate surface area is 122 Å². The summed E-state index contributed by atoms with van der Waals surface area (Å²) >= 11 is 0. The molecule has 0 aliphatic carbocycles. The summed E-state index contributed by atoms with van der Waals surface area (Å²) < 4.78 is 18.3. The SMILES string of the molecule is C[C@@H](Cc1cccc(F)c1)C(=O)N1CCOC[C@@H]1C(=O)O. The minimum Gasteiger partial charge on any atom is -0.480 e. The molecule has 5 nitrogen and oxygen atoms in total. The third-order valence-electron chi connectivity index (χ3n) is 3.55. The third kappa shape index (κ3) is 3.78. The van der Waals surface area contributed by atoms with Crippen molar-refractivity contribution in [3.63, 3.8) is 0 Å². The zero-order valence-corrected chi connectivity index (χ0v) is 11.8. The summed E-state index contributed by atoms with van der Waals surface area (Å²) in [4.78, 5) is 24.9. The highest BCUT2D eigenvalue weighted by Gasteiger charge is 2.34. The molecule has 0 radical (unpaired) electrons. The number of carbonyl (C=O) groups is 2. The standard InChI is InChI=1S/C15H18FNO4/c1-10(7-11-3-2-4-12(16)8-11)14(18)17-5-6-21-9-13(17)15(19)20/h2-4,8,10,13H,5-7,9H2,1H3,(H,19,20)/t10-,13+/m0/s1. The summed E-state index contributed by atoms with van der Waals surface area (Å²) in [6.45, 7) is 2.33. The van der Waals surface area contributed by atoms with E-state index in [1.807, 2.05) is 0 Å². The number of carboxylic acid groups (broad SMARTS) is 1. The van der Waals surface area contributed by atoms with E-state index in [2.05, 4.69) is 0 Å². The van der Waals surface area contributed by atoms with Gasteiger partial charge in [-0.2, -0.15) is 0 Å². The van der Waals surface area contributed by atoms with Crippen LogP contribution in [0.3, 0.4) is 0 Å². The van der Waals surface area contributed by atoms with E-state index in [1.54, 1.807) is 19.1 Å². The number of aliphatic carboxylic acids is 1. The van der Waals surface area contributed by atoms with Gasteiger partial charge in [-0.05, 0) is 24.1 Å². The van der Waals surface area contributed by atoms with Gasteiger partial charge in [0.05, 0.1) is 13.2 Å². The van der Waals surface area contributed by atoms with Crippen molar-refractivity contribution in [2.75, 3.05) is 19.8 Å². The highest BCUT2D eigenvalue weighted by Crippen LogP contribution is 2.16. The van der Waals surface area contributed by atoms with Gasteiger partial charge in [0.15, 0.2) is 6.04 Å². The number of ether oxygens (including phenoxy) is 1. The molecule has 0 unspecified atom stereocenters. The number of carboxylic acids is 1. The highest BCUT2D eigenvalue weighted by molar-refractivity contribution is 5.85. The highest BCUT2D eigenvalue weighted by atomic mass is 19.1. The summed E-state index contributed by atoms with van der Waals surface area (Å²) in [5.41, 5.74) is 0.719. The number of nitrogens with zero attached hydrogens (tertiary/aromatic N) is 1. The van der Waals surface area contributed by atoms with Crippen LogP contribution in [0.2, 0.25) is 0 Å². The molecule has 1 saturated heterocycles. The number of hydrogen-bond donors (Lipinski definition) is 1. The van der Waals surface area contributed by atoms with Crippen molar-refractivity contribution in [1.29, 1.82) is 0 Å². The van der Waals surface area contributed by atoms with E-state index >= 15 is 0 Å². The van der Waals surface area contributed by atoms with E-state index in [9.17, 15) is 14.0 Å². The molecule has 1 N–H and O–H groups in total. The van der Waals surface area contributed by atoms with Crippen LogP contribution in [0.15, 0.2) is 24.3 Å². The number of rotatable bonds is 4. The Morgan fingerprint density at radius 1 is 1.52 bits per heavy atom. The van der Waals surface area contributed by atoms with E-state index in [4.69, 9.17) is 9.84 Å². The van der Waals surface area contributed by atoms with Crippen LogP contribution in [0.4, 0.5) is 4.39 Å². The Hall–Kier alpha value is -1.95. The molecule has 1 aliphatic rings. The van der Waals surface area contributed by atoms with Gasteiger partial charge in [0.1, 0.15) is 5.82 Å². The molecule has 1 aromatic carbocycles. The molecule has 1 aromatic rings. The lowest BCUT2D eigenvalue weighted by molar-refractivity contribution is -0.160. The van der Waals surface area contributed by atoms with Crippen LogP contribution in [-0.4, -0.2) is 47.7 Å². The first-order valence-electron chi connectivity index (χ1n) is 6.84. The van der Waals surface area contributed by atoms with Crippen molar-refractivity contribution in [2.24, 2.45) is 5.92 Å². The molecule has 1 amide bonds. The third-order valence-corrected chi connectivity index (χ3v) is 3.55. The number of morpholine rings is 1. The number of amides is 1. The quantitative estimate of drug-likeness (QED) is 0.909. The molecule has 114 valence electrons. The maximum absolute atomic E-state index is 13.2. The number of benzene rings is 1. The Morgan fingerprint density at radius 3 is 2.95 bits per heavy atom. The van der Waals surface area contributed by atoms with Gasteiger partial charge in [0, 0.05) is 12.5 Å². The molecular formula is C15H18FNO4. The second-order valence-electron chi connectivity index (χ2n) is 5.20. The first-order valence-corrected chi connectivity index (χ1v) is 6.84. The molecule has 1 aliphatic heterocycles. The predicted octanol–water partition coefficient (Wildman–Crippen LogP) is 1.32. The first kappa shape index (κ1) is 15.4. The second kappa shape index (κ2) is 6.67. The summed E-state index contributed by atoms with van der Waals surface area (Å²) in [6.07, 6.45) is 0.375. The average Bonchev–Trinajstić information content (AvgIpc) is 2.46. The molecule has 1 fully saturated rings. The van der Waals surface area contributed by atoms with Crippen LogP contribution in [0.5, 0.6) is 0 Å². The minimum atomic E-state index is -1.07. The predicted molar refractivity (Wildman–Crippen MR) is 73.2 cm³/mol. The maximum Gasteiger partial charge on any atom is 0.328 e.